The Hall–Kier alpha value is -0.340. The van der Waals surface area contributed by atoms with Crippen molar-refractivity contribution in [3.63, 3.8) is 0 Å². The Balaban J connectivity index is 1.67. The molecule has 0 radical (unpaired) electrons. The standard InChI is InChI=1S/C14H23NS/c1-11-5-6-13(10-12(11)2)15-8-7-14-4-3-9-16-14/h3-4,9,11-13,15H,5-8,10H2,1-2H3. The molecule has 1 saturated carbocycles. The van der Waals surface area contributed by atoms with Crippen molar-refractivity contribution < 1.29 is 0 Å². The van der Waals surface area contributed by atoms with E-state index in [2.05, 4.69) is 36.7 Å². The van der Waals surface area contributed by atoms with Gasteiger partial charge in [-0.3, -0.25) is 0 Å². The van der Waals surface area contributed by atoms with Crippen molar-refractivity contribution in [3.05, 3.63) is 22.4 Å². The Morgan fingerprint density at radius 3 is 2.88 bits per heavy atom. The summed E-state index contributed by atoms with van der Waals surface area (Å²) in [4.78, 5) is 1.50. The summed E-state index contributed by atoms with van der Waals surface area (Å²) in [6.45, 7) is 5.94. The normalized spacial score (nSPS) is 30.5. The van der Waals surface area contributed by atoms with Gasteiger partial charge in [0.25, 0.3) is 0 Å². The molecule has 90 valence electrons. The first-order valence-corrected chi connectivity index (χ1v) is 7.39. The van der Waals surface area contributed by atoms with Crippen molar-refractivity contribution in [2.75, 3.05) is 6.54 Å². The molecule has 2 rings (SSSR count). The zero-order valence-electron chi connectivity index (χ0n) is 10.4. The molecule has 0 aliphatic heterocycles. The molecule has 1 aliphatic rings. The lowest BCUT2D eigenvalue weighted by atomic mass is 9.79. The molecule has 1 aliphatic carbocycles. The summed E-state index contributed by atoms with van der Waals surface area (Å²) in [5.74, 6) is 1.82. The van der Waals surface area contributed by atoms with Gasteiger partial charge in [-0.1, -0.05) is 19.9 Å². The second kappa shape index (κ2) is 5.83. The van der Waals surface area contributed by atoms with Crippen LogP contribution < -0.4 is 5.32 Å². The highest BCUT2D eigenvalue weighted by Gasteiger charge is 2.23. The lowest BCUT2D eigenvalue weighted by Gasteiger charge is -2.32. The lowest BCUT2D eigenvalue weighted by molar-refractivity contribution is 0.227. The van der Waals surface area contributed by atoms with Gasteiger partial charge in [0.05, 0.1) is 0 Å². The highest BCUT2D eigenvalue weighted by molar-refractivity contribution is 7.09. The van der Waals surface area contributed by atoms with Crippen LogP contribution in [0.3, 0.4) is 0 Å². The van der Waals surface area contributed by atoms with E-state index in [0.717, 1.165) is 24.4 Å². The lowest BCUT2D eigenvalue weighted by Crippen LogP contribution is -2.37. The molecule has 0 amide bonds. The van der Waals surface area contributed by atoms with Crippen LogP contribution in [0.5, 0.6) is 0 Å². The van der Waals surface area contributed by atoms with Crippen LogP contribution >= 0.6 is 11.3 Å². The molecule has 16 heavy (non-hydrogen) atoms. The Morgan fingerprint density at radius 1 is 1.31 bits per heavy atom. The number of rotatable bonds is 4. The summed E-state index contributed by atoms with van der Waals surface area (Å²) in [5, 5.41) is 5.88. The largest absolute Gasteiger partial charge is 0.314 e. The minimum absolute atomic E-state index is 0.770. The van der Waals surface area contributed by atoms with Crippen LogP contribution in [0.1, 0.15) is 38.0 Å². The fourth-order valence-corrected chi connectivity index (χ4v) is 3.30. The predicted octanol–water partition coefficient (Wildman–Crippen LogP) is 3.70. The molecular formula is C14H23NS. The van der Waals surface area contributed by atoms with E-state index in [1.54, 1.807) is 0 Å². The Kier molecular flexibility index (Phi) is 4.42. The molecule has 2 heteroatoms. The Bertz CT molecular complexity index is 294. The van der Waals surface area contributed by atoms with Crippen molar-refractivity contribution in [1.29, 1.82) is 0 Å². The van der Waals surface area contributed by atoms with Crippen molar-refractivity contribution in [1.82, 2.24) is 5.32 Å². The number of thiophene rings is 1. The van der Waals surface area contributed by atoms with Crippen LogP contribution in [-0.2, 0) is 6.42 Å². The average molecular weight is 237 g/mol. The molecule has 1 aromatic rings. The second-order valence-corrected chi connectivity index (χ2v) is 6.28. The third kappa shape index (κ3) is 3.33. The van der Waals surface area contributed by atoms with E-state index in [1.807, 2.05) is 11.3 Å². The predicted molar refractivity (Wildman–Crippen MR) is 72.0 cm³/mol. The molecule has 1 nitrogen and oxygen atoms in total. The molecule has 1 fully saturated rings. The maximum absolute atomic E-state index is 3.72. The van der Waals surface area contributed by atoms with Crippen molar-refractivity contribution in [2.45, 2.75) is 45.6 Å². The molecular weight excluding hydrogens is 214 g/mol. The van der Waals surface area contributed by atoms with Gasteiger partial charge in [-0.05, 0) is 49.0 Å². The number of nitrogens with one attached hydrogen (secondary N) is 1. The van der Waals surface area contributed by atoms with Crippen LogP contribution in [0.25, 0.3) is 0 Å². The van der Waals surface area contributed by atoms with Gasteiger partial charge >= 0.3 is 0 Å². The fraction of sp³-hybridized carbons (Fsp3) is 0.714. The molecule has 1 aromatic heterocycles. The maximum Gasteiger partial charge on any atom is 0.00699 e. The van der Waals surface area contributed by atoms with Crippen LogP contribution in [0, 0.1) is 11.8 Å². The van der Waals surface area contributed by atoms with E-state index in [9.17, 15) is 0 Å². The first-order valence-electron chi connectivity index (χ1n) is 6.51. The molecule has 1 heterocycles. The minimum Gasteiger partial charge on any atom is -0.314 e. The third-order valence-electron chi connectivity index (χ3n) is 3.98. The van der Waals surface area contributed by atoms with Crippen LogP contribution in [0.4, 0.5) is 0 Å². The van der Waals surface area contributed by atoms with Gasteiger partial charge in [-0.25, -0.2) is 0 Å². The van der Waals surface area contributed by atoms with Crippen LogP contribution in [-0.4, -0.2) is 12.6 Å². The smallest absolute Gasteiger partial charge is 0.00699 e. The van der Waals surface area contributed by atoms with Gasteiger partial charge in [0.2, 0.25) is 0 Å². The van der Waals surface area contributed by atoms with E-state index in [0.29, 0.717) is 0 Å². The van der Waals surface area contributed by atoms with Gasteiger partial charge < -0.3 is 5.32 Å². The van der Waals surface area contributed by atoms with E-state index >= 15 is 0 Å². The molecule has 0 spiro atoms. The average Bonchev–Trinajstić information content (AvgIpc) is 2.76. The first-order chi connectivity index (χ1) is 7.75. The van der Waals surface area contributed by atoms with E-state index in [4.69, 9.17) is 0 Å². The summed E-state index contributed by atoms with van der Waals surface area (Å²) in [7, 11) is 0. The van der Waals surface area contributed by atoms with Crippen molar-refractivity contribution in [2.24, 2.45) is 11.8 Å². The molecule has 1 N–H and O–H groups in total. The fourth-order valence-electron chi connectivity index (χ4n) is 2.59. The molecule has 3 unspecified atom stereocenters. The van der Waals surface area contributed by atoms with Crippen molar-refractivity contribution >= 4 is 11.3 Å². The Labute approximate surface area is 103 Å². The van der Waals surface area contributed by atoms with E-state index in [-0.39, 0.29) is 0 Å². The zero-order valence-corrected chi connectivity index (χ0v) is 11.2. The van der Waals surface area contributed by atoms with E-state index < -0.39 is 0 Å². The molecule has 3 atom stereocenters. The third-order valence-corrected chi connectivity index (χ3v) is 4.92. The maximum atomic E-state index is 3.72. The van der Waals surface area contributed by atoms with Gasteiger partial charge in [0.15, 0.2) is 0 Å². The summed E-state index contributed by atoms with van der Waals surface area (Å²) < 4.78 is 0. The summed E-state index contributed by atoms with van der Waals surface area (Å²) in [6, 6.07) is 5.15. The highest BCUT2D eigenvalue weighted by atomic mass is 32.1. The van der Waals surface area contributed by atoms with Crippen LogP contribution in [0.15, 0.2) is 17.5 Å². The van der Waals surface area contributed by atoms with Crippen molar-refractivity contribution in [3.8, 4) is 0 Å². The zero-order chi connectivity index (χ0) is 11.4. The SMILES string of the molecule is CC1CCC(NCCc2cccs2)CC1C. The molecule has 0 saturated heterocycles. The second-order valence-electron chi connectivity index (χ2n) is 5.25. The summed E-state index contributed by atoms with van der Waals surface area (Å²) >= 11 is 1.87. The van der Waals surface area contributed by atoms with E-state index in [1.165, 1.54) is 30.6 Å². The quantitative estimate of drug-likeness (QED) is 0.842. The van der Waals surface area contributed by atoms with Gasteiger partial charge in [0, 0.05) is 17.5 Å². The Morgan fingerprint density at radius 2 is 2.19 bits per heavy atom. The highest BCUT2D eigenvalue weighted by Crippen LogP contribution is 2.29. The topological polar surface area (TPSA) is 12.0 Å². The first kappa shape index (κ1) is 12.1. The monoisotopic (exact) mass is 237 g/mol. The summed E-state index contributed by atoms with van der Waals surface area (Å²) in [5.41, 5.74) is 0. The van der Waals surface area contributed by atoms with Crippen LogP contribution in [0.2, 0.25) is 0 Å². The molecule has 0 bridgehead atoms. The number of hydrogen-bond donors (Lipinski definition) is 1. The molecule has 0 aromatic carbocycles. The van der Waals surface area contributed by atoms with Gasteiger partial charge in [0.1, 0.15) is 0 Å². The number of hydrogen-bond acceptors (Lipinski definition) is 2. The van der Waals surface area contributed by atoms with Gasteiger partial charge in [-0.2, -0.15) is 0 Å². The minimum atomic E-state index is 0.770. The van der Waals surface area contributed by atoms with Gasteiger partial charge in [-0.15, -0.1) is 11.3 Å². The summed E-state index contributed by atoms with van der Waals surface area (Å²) in [6.07, 6.45) is 5.33.